The Hall–Kier alpha value is -1.40. The molecule has 0 aromatic heterocycles. The molecule has 0 saturated heterocycles. The number of halogens is 3. The number of carbonyl (C=O) groups excluding carboxylic acids is 1. The van der Waals surface area contributed by atoms with Crippen molar-refractivity contribution in [3.8, 4) is 5.75 Å². The van der Waals surface area contributed by atoms with Crippen molar-refractivity contribution in [2.45, 2.75) is 13.0 Å². The maximum Gasteiger partial charge on any atom is 0.339 e. The molecule has 0 aliphatic heterocycles. The molecule has 0 spiro atoms. The zero-order chi connectivity index (χ0) is 13.2. The molecule has 0 fully saturated rings. The van der Waals surface area contributed by atoms with E-state index in [1.54, 1.807) is 0 Å². The fourth-order valence-corrected chi connectivity index (χ4v) is 1.34. The number of benzene rings is 1. The van der Waals surface area contributed by atoms with Gasteiger partial charge in [-0.1, -0.05) is 11.6 Å². The Morgan fingerprint density at radius 3 is 2.71 bits per heavy atom. The first kappa shape index (κ1) is 13.7. The molecule has 1 unspecified atom stereocenters. The van der Waals surface area contributed by atoms with Crippen LogP contribution in [-0.4, -0.2) is 22.8 Å². The van der Waals surface area contributed by atoms with Crippen LogP contribution in [0.5, 0.6) is 5.75 Å². The number of hydrogen-bond acceptors (Lipinski definition) is 4. The molecule has 1 aromatic carbocycles. The predicted molar refractivity (Wildman–Crippen MR) is 54.6 cm³/mol. The normalized spacial score (nSPS) is 12.3. The zero-order valence-corrected chi connectivity index (χ0v) is 9.46. The number of aliphatic hydroxyl groups is 1. The highest BCUT2D eigenvalue weighted by atomic mass is 35.5. The molecule has 4 nitrogen and oxygen atoms in total. The highest BCUT2D eigenvalue weighted by Gasteiger charge is 2.28. The number of aromatic hydroxyl groups is 1. The number of phenolic OH excluding ortho intramolecular Hbond substituents is 1. The number of rotatable bonds is 3. The minimum Gasteiger partial charge on any atom is -0.506 e. The van der Waals surface area contributed by atoms with E-state index in [-0.39, 0.29) is 6.61 Å². The van der Waals surface area contributed by atoms with E-state index < -0.39 is 40.0 Å². The Morgan fingerprint density at radius 1 is 1.59 bits per heavy atom. The van der Waals surface area contributed by atoms with E-state index in [1.165, 1.54) is 6.92 Å². The third kappa shape index (κ3) is 2.65. The summed E-state index contributed by atoms with van der Waals surface area (Å²) in [6.07, 6.45) is -2.13. The van der Waals surface area contributed by atoms with Crippen molar-refractivity contribution in [3.05, 3.63) is 28.3 Å². The van der Waals surface area contributed by atoms with Crippen LogP contribution in [0.15, 0.2) is 6.07 Å². The molecule has 1 aromatic rings. The average molecular weight is 267 g/mol. The summed E-state index contributed by atoms with van der Waals surface area (Å²) in [4.78, 5) is 11.1. The molecule has 1 rings (SSSR count). The molecule has 1 atom stereocenters. The van der Waals surface area contributed by atoms with Crippen molar-refractivity contribution in [1.29, 1.82) is 0 Å². The summed E-state index contributed by atoms with van der Waals surface area (Å²) >= 11 is 5.33. The molecule has 17 heavy (non-hydrogen) atoms. The summed E-state index contributed by atoms with van der Waals surface area (Å²) in [5, 5.41) is 17.6. The minimum atomic E-state index is -2.13. The van der Waals surface area contributed by atoms with E-state index >= 15 is 0 Å². The van der Waals surface area contributed by atoms with Crippen LogP contribution in [0.4, 0.5) is 8.78 Å². The Bertz CT molecular complexity index is 450. The largest absolute Gasteiger partial charge is 0.506 e. The first-order valence-corrected chi connectivity index (χ1v) is 4.99. The third-order valence-corrected chi connectivity index (χ3v) is 2.32. The first-order chi connectivity index (χ1) is 7.90. The summed E-state index contributed by atoms with van der Waals surface area (Å²) in [6.45, 7) is 1.42. The van der Waals surface area contributed by atoms with Gasteiger partial charge in [-0.3, -0.25) is 0 Å². The number of aliphatic hydroxyl groups excluding tert-OH is 1. The van der Waals surface area contributed by atoms with Gasteiger partial charge in [-0.2, -0.15) is 0 Å². The second-order valence-corrected chi connectivity index (χ2v) is 3.45. The van der Waals surface area contributed by atoms with Crippen molar-refractivity contribution in [1.82, 2.24) is 0 Å². The summed E-state index contributed by atoms with van der Waals surface area (Å²) in [5.41, 5.74) is -0.953. The SMILES string of the molecule is CCOC(=O)C(O)c1c(F)cc(O)c(Cl)c1F. The number of ether oxygens (including phenoxy) is 1. The molecule has 0 bridgehead atoms. The lowest BCUT2D eigenvalue weighted by Gasteiger charge is -2.13. The van der Waals surface area contributed by atoms with Crippen LogP contribution in [0.3, 0.4) is 0 Å². The quantitative estimate of drug-likeness (QED) is 0.648. The van der Waals surface area contributed by atoms with Crippen LogP contribution in [0.25, 0.3) is 0 Å². The Balaban J connectivity index is 3.22. The molecule has 0 aliphatic rings. The molecular formula is C10H9ClF2O4. The highest BCUT2D eigenvalue weighted by molar-refractivity contribution is 6.32. The second-order valence-electron chi connectivity index (χ2n) is 3.07. The Morgan fingerprint density at radius 2 is 2.18 bits per heavy atom. The van der Waals surface area contributed by atoms with Crippen LogP contribution >= 0.6 is 11.6 Å². The van der Waals surface area contributed by atoms with Gasteiger partial charge < -0.3 is 14.9 Å². The fraction of sp³-hybridized carbons (Fsp3) is 0.300. The standard InChI is InChI=1S/C10H9ClF2O4/c1-2-17-10(16)9(15)6-4(12)3-5(14)7(11)8(6)13/h3,9,14-15H,2H2,1H3. The zero-order valence-electron chi connectivity index (χ0n) is 8.71. The molecule has 94 valence electrons. The predicted octanol–water partition coefficient (Wildman–Crippen LogP) is 1.92. The Labute approximate surface area is 100 Å². The van der Waals surface area contributed by atoms with Gasteiger partial charge in [-0.25, -0.2) is 13.6 Å². The van der Waals surface area contributed by atoms with Gasteiger partial charge in [0.1, 0.15) is 16.6 Å². The fourth-order valence-electron chi connectivity index (χ4n) is 1.19. The van der Waals surface area contributed by atoms with Gasteiger partial charge >= 0.3 is 5.97 Å². The number of carbonyl (C=O) groups is 1. The third-order valence-electron chi connectivity index (χ3n) is 1.96. The van der Waals surface area contributed by atoms with E-state index in [0.29, 0.717) is 6.07 Å². The second kappa shape index (κ2) is 5.29. The maximum absolute atomic E-state index is 13.5. The lowest BCUT2D eigenvalue weighted by atomic mass is 10.1. The Kier molecular flexibility index (Phi) is 4.25. The van der Waals surface area contributed by atoms with Gasteiger partial charge in [-0.15, -0.1) is 0 Å². The summed E-state index contributed by atoms with van der Waals surface area (Å²) in [5.74, 6) is -4.71. The monoisotopic (exact) mass is 266 g/mol. The van der Waals surface area contributed by atoms with E-state index in [0.717, 1.165) is 0 Å². The summed E-state index contributed by atoms with van der Waals surface area (Å²) in [6, 6.07) is 0.503. The van der Waals surface area contributed by atoms with Crippen molar-refractivity contribution >= 4 is 17.6 Å². The van der Waals surface area contributed by atoms with Crippen molar-refractivity contribution < 1.29 is 28.5 Å². The van der Waals surface area contributed by atoms with Crippen LogP contribution in [0, 0.1) is 11.6 Å². The molecule has 0 radical (unpaired) electrons. The number of esters is 1. The van der Waals surface area contributed by atoms with Crippen LogP contribution in [0.2, 0.25) is 5.02 Å². The number of hydrogen-bond donors (Lipinski definition) is 2. The molecular weight excluding hydrogens is 258 g/mol. The summed E-state index contributed by atoms with van der Waals surface area (Å²) < 4.78 is 31.2. The average Bonchev–Trinajstić information content (AvgIpc) is 2.26. The highest BCUT2D eigenvalue weighted by Crippen LogP contribution is 2.33. The van der Waals surface area contributed by atoms with Crippen molar-refractivity contribution in [3.63, 3.8) is 0 Å². The molecule has 0 saturated carbocycles. The van der Waals surface area contributed by atoms with E-state index in [2.05, 4.69) is 4.74 Å². The summed E-state index contributed by atoms with van der Waals surface area (Å²) in [7, 11) is 0. The first-order valence-electron chi connectivity index (χ1n) is 4.61. The molecule has 7 heteroatoms. The van der Waals surface area contributed by atoms with E-state index in [9.17, 15) is 18.7 Å². The molecule has 0 heterocycles. The van der Waals surface area contributed by atoms with Gasteiger partial charge in [0.05, 0.1) is 12.2 Å². The van der Waals surface area contributed by atoms with Gasteiger partial charge in [-0.05, 0) is 6.92 Å². The van der Waals surface area contributed by atoms with Crippen molar-refractivity contribution in [2.75, 3.05) is 6.61 Å². The molecule has 2 N–H and O–H groups in total. The smallest absolute Gasteiger partial charge is 0.339 e. The van der Waals surface area contributed by atoms with Crippen molar-refractivity contribution in [2.24, 2.45) is 0 Å². The molecule has 0 amide bonds. The van der Waals surface area contributed by atoms with Crippen LogP contribution in [0.1, 0.15) is 18.6 Å². The topological polar surface area (TPSA) is 66.8 Å². The van der Waals surface area contributed by atoms with Crippen LogP contribution < -0.4 is 0 Å². The van der Waals surface area contributed by atoms with Gasteiger partial charge in [0, 0.05) is 6.07 Å². The van der Waals surface area contributed by atoms with Gasteiger partial charge in [0.25, 0.3) is 0 Å². The van der Waals surface area contributed by atoms with Gasteiger partial charge in [0.2, 0.25) is 0 Å². The number of phenols is 1. The van der Waals surface area contributed by atoms with E-state index in [4.69, 9.17) is 16.7 Å². The van der Waals surface area contributed by atoms with Gasteiger partial charge in [0.15, 0.2) is 11.9 Å². The lowest BCUT2D eigenvalue weighted by molar-refractivity contribution is -0.153. The van der Waals surface area contributed by atoms with E-state index in [1.807, 2.05) is 0 Å². The maximum atomic E-state index is 13.5. The van der Waals surface area contributed by atoms with Crippen LogP contribution in [-0.2, 0) is 9.53 Å². The molecule has 0 aliphatic carbocycles. The minimum absolute atomic E-state index is 0.0506. The lowest BCUT2D eigenvalue weighted by Crippen LogP contribution is -2.18.